The van der Waals surface area contributed by atoms with Gasteiger partial charge in [0.2, 0.25) is 6.08 Å². The van der Waals surface area contributed by atoms with Gasteiger partial charge in [0.05, 0.1) is 6.04 Å². The van der Waals surface area contributed by atoms with Crippen molar-refractivity contribution in [2.75, 3.05) is 6.54 Å². The van der Waals surface area contributed by atoms with Gasteiger partial charge in [-0.1, -0.05) is 0 Å². The summed E-state index contributed by atoms with van der Waals surface area (Å²) in [5, 5.41) is 8.78. The monoisotopic (exact) mass is 311 g/mol. The minimum Gasteiger partial charge on any atom is -0.211 e. The summed E-state index contributed by atoms with van der Waals surface area (Å²) in [4.78, 5) is 14.3. The Morgan fingerprint density at radius 1 is 1.50 bits per heavy atom. The first kappa shape index (κ1) is 14.9. The first-order valence-corrected chi connectivity index (χ1v) is 8.33. The number of nitriles is 1. The number of carbonyl (C=O) groups excluding carboxylic acids is 1. The van der Waals surface area contributed by atoms with E-state index in [2.05, 4.69) is 4.99 Å². The molecule has 20 heavy (non-hydrogen) atoms. The van der Waals surface area contributed by atoms with E-state index in [1.807, 2.05) is 6.07 Å². The number of piperidine rings is 1. The molecule has 1 aliphatic rings. The maximum absolute atomic E-state index is 12.5. The van der Waals surface area contributed by atoms with Crippen molar-refractivity contribution in [1.29, 1.82) is 5.26 Å². The third-order valence-corrected chi connectivity index (χ3v) is 6.75. The molecule has 0 aromatic carbocycles. The highest BCUT2D eigenvalue weighted by Gasteiger charge is 2.35. The van der Waals surface area contributed by atoms with Crippen LogP contribution in [0.4, 0.5) is 0 Å². The van der Waals surface area contributed by atoms with E-state index >= 15 is 0 Å². The molecular formula is C12H13N3O3S2. The van der Waals surface area contributed by atoms with Gasteiger partial charge in [-0.2, -0.15) is 9.57 Å². The SMILES string of the molecule is CC1CC(N=C=O)CCN1S(=O)(=O)c1ccc(C#N)s1. The topological polar surface area (TPSA) is 90.6 Å². The quantitative estimate of drug-likeness (QED) is 0.625. The van der Waals surface area contributed by atoms with Crippen molar-refractivity contribution < 1.29 is 13.2 Å². The first-order valence-electron chi connectivity index (χ1n) is 6.08. The molecule has 0 radical (unpaired) electrons. The van der Waals surface area contributed by atoms with Crippen LogP contribution >= 0.6 is 11.3 Å². The predicted octanol–water partition coefficient (Wildman–Crippen LogP) is 1.50. The molecule has 0 amide bonds. The molecule has 2 rings (SSSR count). The first-order chi connectivity index (χ1) is 9.48. The molecule has 6 nitrogen and oxygen atoms in total. The minimum absolute atomic E-state index is 0.160. The van der Waals surface area contributed by atoms with Crippen molar-refractivity contribution in [2.45, 2.75) is 36.1 Å². The smallest absolute Gasteiger partial charge is 0.211 e. The highest BCUT2D eigenvalue weighted by Crippen LogP contribution is 2.30. The summed E-state index contributed by atoms with van der Waals surface area (Å²) in [7, 11) is -3.58. The Morgan fingerprint density at radius 2 is 2.25 bits per heavy atom. The normalized spacial score (nSPS) is 23.8. The lowest BCUT2D eigenvalue weighted by Gasteiger charge is -2.34. The summed E-state index contributed by atoms with van der Waals surface area (Å²) in [5.74, 6) is 0. The van der Waals surface area contributed by atoms with Crippen LogP contribution < -0.4 is 0 Å². The number of aliphatic imine (C=N–C) groups is 1. The predicted molar refractivity (Wildman–Crippen MR) is 73.5 cm³/mol. The number of nitrogens with zero attached hydrogens (tertiary/aromatic N) is 3. The summed E-state index contributed by atoms with van der Waals surface area (Å²) >= 11 is 0.970. The summed E-state index contributed by atoms with van der Waals surface area (Å²) in [6, 6.07) is 4.51. The minimum atomic E-state index is -3.58. The lowest BCUT2D eigenvalue weighted by molar-refractivity contribution is 0.248. The van der Waals surface area contributed by atoms with Gasteiger partial charge in [0, 0.05) is 12.6 Å². The third-order valence-electron chi connectivity index (χ3n) is 3.28. The van der Waals surface area contributed by atoms with E-state index in [0.717, 1.165) is 11.3 Å². The van der Waals surface area contributed by atoms with Crippen LogP contribution in [0.1, 0.15) is 24.6 Å². The van der Waals surface area contributed by atoms with Crippen LogP contribution in [0.15, 0.2) is 21.3 Å². The fraction of sp³-hybridized carbons (Fsp3) is 0.500. The second kappa shape index (κ2) is 5.85. The standard InChI is InChI=1S/C12H13N3O3S2/c1-9-6-10(14-8-16)4-5-15(9)20(17,18)12-3-2-11(7-13)19-12/h2-3,9-10H,4-6H2,1H3. The van der Waals surface area contributed by atoms with Gasteiger partial charge in [-0.3, -0.25) is 0 Å². The summed E-state index contributed by atoms with van der Waals surface area (Å²) in [6.07, 6.45) is 2.54. The van der Waals surface area contributed by atoms with E-state index in [-0.39, 0.29) is 16.3 Å². The van der Waals surface area contributed by atoms with E-state index in [1.54, 1.807) is 6.92 Å². The summed E-state index contributed by atoms with van der Waals surface area (Å²) in [5.41, 5.74) is 0. The van der Waals surface area contributed by atoms with Gasteiger partial charge in [-0.25, -0.2) is 18.2 Å². The van der Waals surface area contributed by atoms with Gasteiger partial charge >= 0.3 is 0 Å². The van der Waals surface area contributed by atoms with Crippen LogP contribution in [0.5, 0.6) is 0 Å². The Labute approximate surface area is 121 Å². The maximum atomic E-state index is 12.5. The average Bonchev–Trinajstić information content (AvgIpc) is 2.88. The number of thiophene rings is 1. The molecule has 106 valence electrons. The van der Waals surface area contributed by atoms with E-state index in [0.29, 0.717) is 24.3 Å². The second-order valence-electron chi connectivity index (χ2n) is 4.59. The largest absolute Gasteiger partial charge is 0.252 e. The van der Waals surface area contributed by atoms with Gasteiger partial charge in [0.15, 0.2) is 0 Å². The molecule has 0 bridgehead atoms. The lowest BCUT2D eigenvalue weighted by atomic mass is 10.0. The van der Waals surface area contributed by atoms with Gasteiger partial charge in [-0.05, 0) is 31.9 Å². The second-order valence-corrected chi connectivity index (χ2v) is 7.80. The highest BCUT2D eigenvalue weighted by molar-refractivity contribution is 7.91. The molecule has 8 heteroatoms. The Kier molecular flexibility index (Phi) is 4.35. The molecule has 2 heterocycles. The lowest BCUT2D eigenvalue weighted by Crippen LogP contribution is -2.45. The van der Waals surface area contributed by atoms with E-state index in [9.17, 15) is 13.2 Å². The van der Waals surface area contributed by atoms with Crippen LogP contribution in [-0.2, 0) is 14.8 Å². The number of hydrogen-bond donors (Lipinski definition) is 0. The number of rotatable bonds is 3. The molecule has 1 saturated heterocycles. The van der Waals surface area contributed by atoms with Gasteiger partial charge in [0.1, 0.15) is 15.2 Å². The fourth-order valence-electron chi connectivity index (χ4n) is 2.31. The third kappa shape index (κ3) is 2.81. The molecule has 2 atom stereocenters. The number of hydrogen-bond acceptors (Lipinski definition) is 6. The van der Waals surface area contributed by atoms with Crippen molar-refractivity contribution in [3.05, 3.63) is 17.0 Å². The zero-order chi connectivity index (χ0) is 14.8. The molecule has 0 saturated carbocycles. The molecule has 0 spiro atoms. The van der Waals surface area contributed by atoms with E-state index in [1.165, 1.54) is 22.5 Å². The van der Waals surface area contributed by atoms with Crippen molar-refractivity contribution in [2.24, 2.45) is 4.99 Å². The molecule has 1 aromatic rings. The van der Waals surface area contributed by atoms with Crippen LogP contribution in [0.3, 0.4) is 0 Å². The van der Waals surface area contributed by atoms with Gasteiger partial charge < -0.3 is 0 Å². The average molecular weight is 311 g/mol. The van der Waals surface area contributed by atoms with Crippen LogP contribution in [-0.4, -0.2) is 37.4 Å². The van der Waals surface area contributed by atoms with Crippen molar-refractivity contribution in [3.8, 4) is 6.07 Å². The number of sulfonamides is 1. The number of isocyanates is 1. The van der Waals surface area contributed by atoms with Gasteiger partial charge in [-0.15, -0.1) is 11.3 Å². The summed E-state index contributed by atoms with van der Waals surface area (Å²) < 4.78 is 26.6. The van der Waals surface area contributed by atoms with E-state index in [4.69, 9.17) is 5.26 Å². The van der Waals surface area contributed by atoms with Crippen LogP contribution in [0.2, 0.25) is 0 Å². The van der Waals surface area contributed by atoms with Crippen molar-refractivity contribution in [1.82, 2.24) is 4.31 Å². The van der Waals surface area contributed by atoms with Gasteiger partial charge in [0.25, 0.3) is 10.0 Å². The molecule has 2 unspecified atom stereocenters. The molecule has 0 aliphatic carbocycles. The Hall–Kier alpha value is -1.52. The maximum Gasteiger partial charge on any atom is 0.252 e. The highest BCUT2D eigenvalue weighted by atomic mass is 32.2. The summed E-state index contributed by atoms with van der Waals surface area (Å²) in [6.45, 7) is 2.11. The van der Waals surface area contributed by atoms with Crippen LogP contribution in [0, 0.1) is 11.3 Å². The molecular weight excluding hydrogens is 298 g/mol. The van der Waals surface area contributed by atoms with Crippen molar-refractivity contribution >= 4 is 27.4 Å². The molecule has 1 aromatic heterocycles. The Balaban J connectivity index is 2.23. The zero-order valence-electron chi connectivity index (χ0n) is 10.8. The fourth-order valence-corrected chi connectivity index (χ4v) is 5.20. The van der Waals surface area contributed by atoms with E-state index < -0.39 is 10.0 Å². The van der Waals surface area contributed by atoms with Crippen molar-refractivity contribution in [3.63, 3.8) is 0 Å². The molecule has 1 fully saturated rings. The zero-order valence-corrected chi connectivity index (χ0v) is 12.4. The van der Waals surface area contributed by atoms with Crippen LogP contribution in [0.25, 0.3) is 0 Å². The Morgan fingerprint density at radius 3 is 2.80 bits per heavy atom. The molecule has 0 N–H and O–H groups in total. The molecule has 1 aliphatic heterocycles. The Bertz CT molecular complexity index is 683.